The highest BCUT2D eigenvalue weighted by Crippen LogP contribution is 2.26. The third-order valence-electron chi connectivity index (χ3n) is 3.80. The molecule has 0 saturated carbocycles. The molecule has 0 aliphatic rings. The lowest BCUT2D eigenvalue weighted by Crippen LogP contribution is -2.38. The summed E-state index contributed by atoms with van der Waals surface area (Å²) >= 11 is 0. The molecule has 2 aromatic carbocycles. The summed E-state index contributed by atoms with van der Waals surface area (Å²) in [6, 6.07) is 14.2. The molecule has 2 aromatic rings. The smallest absolute Gasteiger partial charge is 0.255 e. The number of ether oxygens (including phenoxy) is 2. The van der Waals surface area contributed by atoms with Crippen molar-refractivity contribution in [3.8, 4) is 11.5 Å². The fraction of sp³-hybridized carbons (Fsp3) is 0.263. The first-order valence-corrected chi connectivity index (χ1v) is 10.2. The molecule has 0 fully saturated rings. The van der Waals surface area contributed by atoms with Crippen molar-refractivity contribution < 1.29 is 22.7 Å². The van der Waals surface area contributed by atoms with Crippen LogP contribution in [0, 0.1) is 0 Å². The lowest BCUT2D eigenvalue weighted by atomic mass is 10.2. The topological polar surface area (TPSA) is 97.3 Å². The van der Waals surface area contributed by atoms with E-state index in [2.05, 4.69) is 10.5 Å². The Hall–Kier alpha value is -2.91. The van der Waals surface area contributed by atoms with Crippen molar-refractivity contribution in [1.29, 1.82) is 0 Å². The highest BCUT2D eigenvalue weighted by molar-refractivity contribution is 7.88. The Morgan fingerprint density at radius 3 is 2.39 bits per heavy atom. The molecule has 0 saturated heterocycles. The average Bonchev–Trinajstić information content (AvgIpc) is 2.67. The van der Waals surface area contributed by atoms with Gasteiger partial charge in [-0.3, -0.25) is 4.79 Å². The summed E-state index contributed by atoms with van der Waals surface area (Å²) in [5.41, 5.74) is 3.81. The quantitative estimate of drug-likeness (QED) is 0.505. The summed E-state index contributed by atoms with van der Waals surface area (Å²) in [7, 11) is -0.504. The highest BCUT2D eigenvalue weighted by atomic mass is 32.2. The minimum absolute atomic E-state index is 0.104. The van der Waals surface area contributed by atoms with Gasteiger partial charge in [0.15, 0.2) is 11.5 Å². The first kappa shape index (κ1) is 21.4. The molecule has 0 aliphatic heterocycles. The largest absolute Gasteiger partial charge is 0.493 e. The second kappa shape index (κ2) is 9.86. The number of carbonyl (C=O) groups excluding carboxylic acids is 1. The van der Waals surface area contributed by atoms with Crippen LogP contribution in [0.4, 0.5) is 0 Å². The number of rotatable bonds is 9. The number of amides is 1. The SMILES string of the molecule is COc1ccc(/C=N\NC(=O)CN(Cc2ccccc2)S(C)(=O)=O)cc1OC. The van der Waals surface area contributed by atoms with E-state index in [1.165, 1.54) is 20.4 Å². The van der Waals surface area contributed by atoms with Gasteiger partial charge in [-0.05, 0) is 29.3 Å². The molecular weight excluding hydrogens is 382 g/mol. The third-order valence-corrected chi connectivity index (χ3v) is 5.00. The Bertz CT molecular complexity index is 930. The molecule has 0 spiro atoms. The standard InChI is InChI=1S/C19H23N3O5S/c1-26-17-10-9-16(11-18(17)27-2)12-20-21-19(23)14-22(28(3,24)25)13-15-7-5-4-6-8-15/h4-12H,13-14H2,1-3H3,(H,21,23)/b20-12-. The first-order chi connectivity index (χ1) is 13.3. The van der Waals surface area contributed by atoms with E-state index in [0.29, 0.717) is 17.1 Å². The molecule has 0 radical (unpaired) electrons. The maximum absolute atomic E-state index is 12.1. The van der Waals surface area contributed by atoms with E-state index < -0.39 is 15.9 Å². The number of benzene rings is 2. The lowest BCUT2D eigenvalue weighted by Gasteiger charge is -2.18. The predicted molar refractivity (Wildman–Crippen MR) is 107 cm³/mol. The van der Waals surface area contributed by atoms with Crippen molar-refractivity contribution in [3.05, 3.63) is 59.7 Å². The summed E-state index contributed by atoms with van der Waals surface area (Å²) in [4.78, 5) is 12.1. The van der Waals surface area contributed by atoms with Gasteiger partial charge >= 0.3 is 0 Å². The van der Waals surface area contributed by atoms with Gasteiger partial charge in [-0.15, -0.1) is 0 Å². The van der Waals surface area contributed by atoms with E-state index >= 15 is 0 Å². The number of hydrogen-bond acceptors (Lipinski definition) is 6. The van der Waals surface area contributed by atoms with E-state index in [4.69, 9.17) is 9.47 Å². The molecule has 1 amide bonds. The van der Waals surface area contributed by atoms with E-state index in [1.54, 1.807) is 30.3 Å². The van der Waals surface area contributed by atoms with Crippen LogP contribution in [0.15, 0.2) is 53.6 Å². The van der Waals surface area contributed by atoms with Crippen LogP contribution in [-0.4, -0.2) is 51.9 Å². The van der Waals surface area contributed by atoms with Crippen molar-refractivity contribution in [2.24, 2.45) is 5.10 Å². The lowest BCUT2D eigenvalue weighted by molar-refractivity contribution is -0.121. The third kappa shape index (κ3) is 6.36. The van der Waals surface area contributed by atoms with Crippen LogP contribution >= 0.6 is 0 Å². The number of nitrogens with one attached hydrogen (secondary N) is 1. The van der Waals surface area contributed by atoms with Crippen LogP contribution in [0.3, 0.4) is 0 Å². The number of nitrogens with zero attached hydrogens (tertiary/aromatic N) is 2. The van der Waals surface area contributed by atoms with Gasteiger partial charge in [0, 0.05) is 6.54 Å². The van der Waals surface area contributed by atoms with Crippen molar-refractivity contribution in [3.63, 3.8) is 0 Å². The Morgan fingerprint density at radius 2 is 1.79 bits per heavy atom. The summed E-state index contributed by atoms with van der Waals surface area (Å²) in [5.74, 6) is 0.565. The molecule has 8 nitrogen and oxygen atoms in total. The summed E-state index contributed by atoms with van der Waals surface area (Å²) in [6.07, 6.45) is 2.50. The van der Waals surface area contributed by atoms with Crippen molar-refractivity contribution in [2.45, 2.75) is 6.54 Å². The molecule has 0 aliphatic carbocycles. The van der Waals surface area contributed by atoms with Crippen LogP contribution in [0.2, 0.25) is 0 Å². The normalized spacial score (nSPS) is 11.6. The molecule has 9 heteroatoms. The maximum atomic E-state index is 12.1. The van der Waals surface area contributed by atoms with Gasteiger partial charge in [0.2, 0.25) is 10.0 Å². The number of methoxy groups -OCH3 is 2. The molecule has 0 unspecified atom stereocenters. The summed E-state index contributed by atoms with van der Waals surface area (Å²) < 4.78 is 35.4. The molecule has 0 atom stereocenters. The van der Waals surface area contributed by atoms with E-state index in [0.717, 1.165) is 16.1 Å². The van der Waals surface area contributed by atoms with Gasteiger partial charge in [-0.2, -0.15) is 9.41 Å². The first-order valence-electron chi connectivity index (χ1n) is 8.36. The van der Waals surface area contributed by atoms with Crippen LogP contribution in [0.1, 0.15) is 11.1 Å². The van der Waals surface area contributed by atoms with Crippen molar-refractivity contribution in [2.75, 3.05) is 27.0 Å². The zero-order valence-corrected chi connectivity index (χ0v) is 16.8. The minimum atomic E-state index is -3.56. The Morgan fingerprint density at radius 1 is 1.11 bits per heavy atom. The molecule has 0 heterocycles. The average molecular weight is 405 g/mol. The predicted octanol–water partition coefficient (Wildman–Crippen LogP) is 1.62. The second-order valence-corrected chi connectivity index (χ2v) is 7.91. The van der Waals surface area contributed by atoms with Gasteiger partial charge in [-0.1, -0.05) is 30.3 Å². The fourth-order valence-electron chi connectivity index (χ4n) is 2.38. The molecular formula is C19H23N3O5S. The van der Waals surface area contributed by atoms with Gasteiger partial charge in [0.05, 0.1) is 33.2 Å². The monoisotopic (exact) mass is 405 g/mol. The zero-order chi connectivity index (χ0) is 20.6. The summed E-state index contributed by atoms with van der Waals surface area (Å²) in [6.45, 7) is -0.233. The Kier molecular flexibility index (Phi) is 7.53. The molecule has 0 bridgehead atoms. The number of hydrazone groups is 1. The summed E-state index contributed by atoms with van der Waals surface area (Å²) in [5, 5.41) is 3.87. The Labute approximate surface area is 164 Å². The zero-order valence-electron chi connectivity index (χ0n) is 16.0. The molecule has 0 aromatic heterocycles. The van der Waals surface area contributed by atoms with Gasteiger partial charge in [-0.25, -0.2) is 13.8 Å². The molecule has 150 valence electrons. The number of hydrogen-bond donors (Lipinski definition) is 1. The molecule has 1 N–H and O–H groups in total. The van der Waals surface area contributed by atoms with Crippen LogP contribution in [0.5, 0.6) is 11.5 Å². The van der Waals surface area contributed by atoms with E-state index in [1.807, 2.05) is 18.2 Å². The minimum Gasteiger partial charge on any atom is -0.493 e. The van der Waals surface area contributed by atoms with Gasteiger partial charge < -0.3 is 9.47 Å². The van der Waals surface area contributed by atoms with Crippen LogP contribution in [-0.2, 0) is 21.4 Å². The van der Waals surface area contributed by atoms with E-state index in [-0.39, 0.29) is 13.1 Å². The molecule has 28 heavy (non-hydrogen) atoms. The maximum Gasteiger partial charge on any atom is 0.255 e. The van der Waals surface area contributed by atoms with Gasteiger partial charge in [0.25, 0.3) is 5.91 Å². The Balaban J connectivity index is 2.00. The second-order valence-electron chi connectivity index (χ2n) is 5.92. The van der Waals surface area contributed by atoms with Gasteiger partial charge in [0.1, 0.15) is 0 Å². The number of carbonyl (C=O) groups is 1. The van der Waals surface area contributed by atoms with E-state index in [9.17, 15) is 13.2 Å². The van der Waals surface area contributed by atoms with Crippen molar-refractivity contribution >= 4 is 22.1 Å². The fourth-order valence-corrected chi connectivity index (χ4v) is 3.12. The molecule has 2 rings (SSSR count). The van der Waals surface area contributed by atoms with Crippen molar-refractivity contribution in [1.82, 2.24) is 9.73 Å². The number of sulfonamides is 1. The van der Waals surface area contributed by atoms with Crippen LogP contribution < -0.4 is 14.9 Å². The highest BCUT2D eigenvalue weighted by Gasteiger charge is 2.20. The van der Waals surface area contributed by atoms with Crippen LogP contribution in [0.25, 0.3) is 0 Å².